The molecule has 0 radical (unpaired) electrons. The summed E-state index contributed by atoms with van der Waals surface area (Å²) in [4.78, 5) is 3.13. The standard InChI is InChI=1S/C17H21BFNO2/c1-11(12-6-7-14-13(10-12)8-9-20-14)15(19)18-21-16(2,3)17(4,5)22-18/h6-10,20H,1-5H3. The number of fused-ring (bicyclic) bond motifs is 1. The van der Waals surface area contributed by atoms with Crippen molar-refractivity contribution in [2.75, 3.05) is 0 Å². The van der Waals surface area contributed by atoms with Crippen molar-refractivity contribution < 1.29 is 13.7 Å². The molecule has 0 saturated carbocycles. The van der Waals surface area contributed by atoms with Crippen LogP contribution in [0.2, 0.25) is 0 Å². The maximum atomic E-state index is 14.8. The highest BCUT2D eigenvalue weighted by atomic mass is 19.1. The molecule has 2 heterocycles. The van der Waals surface area contributed by atoms with Crippen LogP contribution in [0.3, 0.4) is 0 Å². The molecule has 1 fully saturated rings. The Hall–Kier alpha value is -1.59. The van der Waals surface area contributed by atoms with Crippen molar-refractivity contribution in [3.05, 3.63) is 41.8 Å². The molecule has 0 atom stereocenters. The summed E-state index contributed by atoms with van der Waals surface area (Å²) in [6.07, 6.45) is 1.87. The number of hydrogen-bond donors (Lipinski definition) is 1. The van der Waals surface area contributed by atoms with Crippen molar-refractivity contribution in [1.82, 2.24) is 4.98 Å². The minimum Gasteiger partial charge on any atom is -0.398 e. The lowest BCUT2D eigenvalue weighted by Gasteiger charge is -2.32. The summed E-state index contributed by atoms with van der Waals surface area (Å²) in [7, 11) is -0.952. The largest absolute Gasteiger partial charge is 0.525 e. The van der Waals surface area contributed by atoms with E-state index in [1.807, 2.05) is 58.2 Å². The molecule has 5 heteroatoms. The van der Waals surface area contributed by atoms with E-state index in [2.05, 4.69) is 4.98 Å². The number of hydrogen-bond acceptors (Lipinski definition) is 2. The van der Waals surface area contributed by atoms with Crippen molar-refractivity contribution >= 4 is 23.6 Å². The minimum absolute atomic E-state index is 0.367. The van der Waals surface area contributed by atoms with E-state index in [9.17, 15) is 4.39 Å². The normalized spacial score (nSPS) is 21.3. The third-order valence-corrected chi connectivity index (χ3v) is 4.80. The quantitative estimate of drug-likeness (QED) is 0.829. The van der Waals surface area contributed by atoms with Crippen LogP contribution in [0.15, 0.2) is 36.2 Å². The first-order valence-electron chi connectivity index (χ1n) is 7.51. The zero-order valence-corrected chi connectivity index (χ0v) is 13.7. The second-order valence-corrected chi connectivity index (χ2v) is 6.84. The highest BCUT2D eigenvalue weighted by Gasteiger charge is 2.53. The number of H-pyrrole nitrogens is 1. The first-order valence-corrected chi connectivity index (χ1v) is 7.51. The third-order valence-electron chi connectivity index (χ3n) is 4.80. The number of aromatic amines is 1. The van der Waals surface area contributed by atoms with Gasteiger partial charge in [0.25, 0.3) is 0 Å². The number of aromatic nitrogens is 1. The topological polar surface area (TPSA) is 34.2 Å². The maximum absolute atomic E-state index is 14.8. The predicted octanol–water partition coefficient (Wildman–Crippen LogP) is 4.50. The molecule has 116 valence electrons. The summed E-state index contributed by atoms with van der Waals surface area (Å²) in [6, 6.07) is 7.79. The van der Waals surface area contributed by atoms with E-state index in [1.54, 1.807) is 6.92 Å². The van der Waals surface area contributed by atoms with Crippen LogP contribution in [0.4, 0.5) is 4.39 Å². The second kappa shape index (κ2) is 4.96. The Kier molecular flexibility index (Phi) is 3.46. The lowest BCUT2D eigenvalue weighted by atomic mass is 9.83. The first-order chi connectivity index (χ1) is 10.2. The molecule has 0 unspecified atom stereocenters. The van der Waals surface area contributed by atoms with Crippen LogP contribution in [0.25, 0.3) is 16.5 Å². The van der Waals surface area contributed by atoms with Crippen LogP contribution in [0.5, 0.6) is 0 Å². The Balaban J connectivity index is 1.95. The van der Waals surface area contributed by atoms with Gasteiger partial charge in [0, 0.05) is 11.7 Å². The number of halogens is 1. The van der Waals surface area contributed by atoms with Crippen molar-refractivity contribution in [3.63, 3.8) is 0 Å². The number of allylic oxidation sites excluding steroid dienone is 1. The lowest BCUT2D eigenvalue weighted by Crippen LogP contribution is -2.41. The maximum Gasteiger partial charge on any atom is 0.525 e. The van der Waals surface area contributed by atoms with Gasteiger partial charge >= 0.3 is 7.12 Å². The molecular formula is C17H21BFNO2. The zero-order chi connectivity index (χ0) is 16.1. The summed E-state index contributed by atoms with van der Waals surface area (Å²) in [5.74, 6) is 0. The molecule has 3 nitrogen and oxygen atoms in total. The van der Waals surface area contributed by atoms with Gasteiger partial charge in [-0.15, -0.1) is 0 Å². The molecule has 1 aliphatic rings. The van der Waals surface area contributed by atoms with Gasteiger partial charge < -0.3 is 14.3 Å². The van der Waals surface area contributed by atoms with Crippen LogP contribution in [-0.2, 0) is 9.31 Å². The Bertz CT molecular complexity index is 732. The van der Waals surface area contributed by atoms with Gasteiger partial charge in [0.2, 0.25) is 0 Å². The van der Waals surface area contributed by atoms with E-state index in [0.717, 1.165) is 16.5 Å². The van der Waals surface area contributed by atoms with Crippen molar-refractivity contribution in [3.8, 4) is 0 Å². The van der Waals surface area contributed by atoms with Crippen LogP contribution in [0, 0.1) is 0 Å². The number of rotatable bonds is 2. The van der Waals surface area contributed by atoms with Crippen LogP contribution in [0.1, 0.15) is 40.2 Å². The molecule has 1 aromatic carbocycles. The van der Waals surface area contributed by atoms with Gasteiger partial charge in [-0.2, -0.15) is 0 Å². The lowest BCUT2D eigenvalue weighted by molar-refractivity contribution is 0.00578. The predicted molar refractivity (Wildman–Crippen MR) is 88.1 cm³/mol. The van der Waals surface area contributed by atoms with Gasteiger partial charge in [0.1, 0.15) is 5.73 Å². The van der Waals surface area contributed by atoms with Crippen molar-refractivity contribution in [2.45, 2.75) is 45.8 Å². The van der Waals surface area contributed by atoms with Gasteiger partial charge in [-0.25, -0.2) is 4.39 Å². The van der Waals surface area contributed by atoms with E-state index in [-0.39, 0.29) is 5.73 Å². The summed E-state index contributed by atoms with van der Waals surface area (Å²) in [5, 5.41) is 1.05. The fourth-order valence-corrected chi connectivity index (χ4v) is 2.55. The first kappa shape index (κ1) is 15.3. The summed E-state index contributed by atoms with van der Waals surface area (Å²) >= 11 is 0. The number of nitrogens with one attached hydrogen (secondary N) is 1. The molecule has 22 heavy (non-hydrogen) atoms. The molecule has 0 amide bonds. The van der Waals surface area contributed by atoms with Crippen molar-refractivity contribution in [1.29, 1.82) is 0 Å². The smallest absolute Gasteiger partial charge is 0.398 e. The van der Waals surface area contributed by atoms with E-state index >= 15 is 0 Å². The Morgan fingerprint density at radius 3 is 2.36 bits per heavy atom. The van der Waals surface area contributed by atoms with Gasteiger partial charge in [-0.05, 0) is 69.3 Å². The van der Waals surface area contributed by atoms with Gasteiger partial charge in [-0.3, -0.25) is 0 Å². The number of benzene rings is 1. The molecular weight excluding hydrogens is 280 g/mol. The van der Waals surface area contributed by atoms with Crippen LogP contribution in [-0.4, -0.2) is 23.3 Å². The Morgan fingerprint density at radius 1 is 1.09 bits per heavy atom. The summed E-state index contributed by atoms with van der Waals surface area (Å²) < 4.78 is 26.4. The summed E-state index contributed by atoms with van der Waals surface area (Å²) in [6.45, 7) is 9.43. The molecule has 0 spiro atoms. The minimum atomic E-state index is -0.952. The Morgan fingerprint density at radius 2 is 1.73 bits per heavy atom. The average molecular weight is 301 g/mol. The molecule has 1 aromatic heterocycles. The van der Waals surface area contributed by atoms with E-state index in [4.69, 9.17) is 9.31 Å². The van der Waals surface area contributed by atoms with E-state index in [0.29, 0.717) is 5.57 Å². The van der Waals surface area contributed by atoms with Crippen molar-refractivity contribution in [2.24, 2.45) is 0 Å². The second-order valence-electron chi connectivity index (χ2n) is 6.84. The highest BCUT2D eigenvalue weighted by molar-refractivity contribution is 6.55. The van der Waals surface area contributed by atoms with Gasteiger partial charge in [0.15, 0.2) is 0 Å². The molecule has 3 rings (SSSR count). The monoisotopic (exact) mass is 301 g/mol. The van der Waals surface area contributed by atoms with Gasteiger partial charge in [-0.1, -0.05) is 6.07 Å². The highest BCUT2D eigenvalue weighted by Crippen LogP contribution is 2.40. The molecule has 1 N–H and O–H groups in total. The van der Waals surface area contributed by atoms with Gasteiger partial charge in [0.05, 0.1) is 11.2 Å². The van der Waals surface area contributed by atoms with Crippen LogP contribution < -0.4 is 0 Å². The average Bonchev–Trinajstić information content (AvgIpc) is 2.99. The molecule has 0 bridgehead atoms. The van der Waals surface area contributed by atoms with Crippen LogP contribution >= 0.6 is 0 Å². The molecule has 2 aromatic rings. The fourth-order valence-electron chi connectivity index (χ4n) is 2.55. The van der Waals surface area contributed by atoms with E-state index < -0.39 is 18.3 Å². The Labute approximate surface area is 130 Å². The van der Waals surface area contributed by atoms with E-state index in [1.165, 1.54) is 0 Å². The summed E-state index contributed by atoms with van der Waals surface area (Å²) in [5.41, 5.74) is 0.960. The molecule has 1 saturated heterocycles. The third kappa shape index (κ3) is 2.38. The SMILES string of the molecule is CC(=C(F)B1OC(C)(C)C(C)(C)O1)c1ccc2[nH]ccc2c1. The molecule has 1 aliphatic heterocycles. The zero-order valence-electron chi connectivity index (χ0n) is 13.7. The fraction of sp³-hybridized carbons (Fsp3) is 0.412. The molecule has 0 aliphatic carbocycles.